The summed E-state index contributed by atoms with van der Waals surface area (Å²) < 4.78 is 0. The van der Waals surface area contributed by atoms with Crippen LogP contribution in [-0.2, 0) is 4.79 Å². The molecule has 0 aliphatic carbocycles. The lowest BCUT2D eigenvalue weighted by atomic mass is 10.0. The highest BCUT2D eigenvalue weighted by Gasteiger charge is 2.36. The highest BCUT2D eigenvalue weighted by Crippen LogP contribution is 2.21. The minimum Gasteiger partial charge on any atom is -0.480 e. The molecule has 2 unspecified atom stereocenters. The Morgan fingerprint density at radius 1 is 1.53 bits per heavy atom. The molecule has 0 aromatic heterocycles. The lowest BCUT2D eigenvalue weighted by Gasteiger charge is -2.31. The number of hydrogen-bond donors (Lipinski definition) is 2. The molecular weight excluding hydrogens is 216 g/mol. The molecule has 0 bridgehead atoms. The number of likely N-dealkylation sites (tertiary alicyclic amines) is 1. The van der Waals surface area contributed by atoms with Gasteiger partial charge >= 0.3 is 5.97 Å². The van der Waals surface area contributed by atoms with Gasteiger partial charge in [-0.25, -0.2) is 0 Å². The normalized spacial score (nSPS) is 24.8. The van der Waals surface area contributed by atoms with E-state index >= 15 is 0 Å². The molecule has 0 spiro atoms. The van der Waals surface area contributed by atoms with Gasteiger partial charge in [0.25, 0.3) is 0 Å². The van der Waals surface area contributed by atoms with Gasteiger partial charge < -0.3 is 15.3 Å². The number of nitrogens with zero attached hydrogens (tertiary/aromatic N) is 1. The van der Waals surface area contributed by atoms with Gasteiger partial charge in [-0.2, -0.15) is 0 Å². The first kappa shape index (κ1) is 14.5. The van der Waals surface area contributed by atoms with Crippen LogP contribution in [0.2, 0.25) is 0 Å². The summed E-state index contributed by atoms with van der Waals surface area (Å²) in [6.45, 7) is 9.51. The monoisotopic (exact) mass is 242 g/mol. The number of rotatable bonds is 7. The third kappa shape index (κ3) is 3.96. The summed E-state index contributed by atoms with van der Waals surface area (Å²) in [5.41, 5.74) is -0.807. The van der Waals surface area contributed by atoms with Crippen LogP contribution in [0.1, 0.15) is 40.0 Å². The molecule has 4 heteroatoms. The van der Waals surface area contributed by atoms with Gasteiger partial charge in [0.1, 0.15) is 5.54 Å². The predicted octanol–water partition coefficient (Wildman–Crippen LogP) is 1.56. The molecule has 100 valence electrons. The van der Waals surface area contributed by atoms with Crippen molar-refractivity contribution in [2.24, 2.45) is 5.92 Å². The zero-order chi connectivity index (χ0) is 12.9. The minimum atomic E-state index is -0.807. The van der Waals surface area contributed by atoms with Crippen molar-refractivity contribution in [1.82, 2.24) is 10.2 Å². The molecule has 0 radical (unpaired) electrons. The van der Waals surface area contributed by atoms with Crippen molar-refractivity contribution in [2.45, 2.75) is 45.6 Å². The molecule has 0 aromatic rings. The van der Waals surface area contributed by atoms with Gasteiger partial charge in [-0.05, 0) is 38.8 Å². The largest absolute Gasteiger partial charge is 0.480 e. The Balaban J connectivity index is 2.52. The van der Waals surface area contributed by atoms with Crippen LogP contribution in [0.25, 0.3) is 0 Å². The molecule has 0 saturated carbocycles. The second-order valence-corrected chi connectivity index (χ2v) is 5.36. The maximum atomic E-state index is 11.4. The second-order valence-electron chi connectivity index (χ2n) is 5.36. The van der Waals surface area contributed by atoms with Crippen LogP contribution in [-0.4, -0.2) is 47.7 Å². The second kappa shape index (κ2) is 6.36. The molecule has 1 heterocycles. The molecule has 1 fully saturated rings. The first-order chi connectivity index (χ1) is 8.01. The van der Waals surface area contributed by atoms with E-state index in [-0.39, 0.29) is 0 Å². The van der Waals surface area contributed by atoms with Gasteiger partial charge in [0.2, 0.25) is 0 Å². The fraction of sp³-hybridized carbons (Fsp3) is 0.923. The Kier molecular flexibility index (Phi) is 5.40. The van der Waals surface area contributed by atoms with Crippen molar-refractivity contribution in [3.05, 3.63) is 0 Å². The first-order valence-electron chi connectivity index (χ1n) is 6.72. The Morgan fingerprint density at radius 3 is 2.71 bits per heavy atom. The number of carboxylic acids is 1. The molecule has 17 heavy (non-hydrogen) atoms. The number of hydrogen-bond acceptors (Lipinski definition) is 3. The molecule has 1 aliphatic heterocycles. The van der Waals surface area contributed by atoms with E-state index in [1.54, 1.807) is 6.92 Å². The standard InChI is InChI=1S/C13H26N2O2/c1-4-7-14-13(3,12(16)17)10-15-8-6-11(5-2)9-15/h11,14H,4-10H2,1-3H3,(H,16,17). The SMILES string of the molecule is CCCNC(C)(CN1CCC(CC)C1)C(=O)O. The van der Waals surface area contributed by atoms with Gasteiger partial charge in [0.15, 0.2) is 0 Å². The third-order valence-electron chi connectivity index (χ3n) is 3.72. The fourth-order valence-corrected chi connectivity index (χ4v) is 2.44. The fourth-order valence-electron chi connectivity index (χ4n) is 2.44. The zero-order valence-corrected chi connectivity index (χ0v) is 11.3. The molecule has 1 aliphatic rings. The van der Waals surface area contributed by atoms with Gasteiger partial charge in [-0.1, -0.05) is 20.3 Å². The molecule has 0 aromatic carbocycles. The summed E-state index contributed by atoms with van der Waals surface area (Å²) in [6.07, 6.45) is 3.36. The Labute approximate surface area is 104 Å². The Hall–Kier alpha value is -0.610. The van der Waals surface area contributed by atoms with Gasteiger partial charge in [-0.15, -0.1) is 0 Å². The Bertz CT molecular complexity index is 258. The number of nitrogens with one attached hydrogen (secondary N) is 1. The molecule has 2 atom stereocenters. The van der Waals surface area contributed by atoms with Gasteiger partial charge in [0.05, 0.1) is 0 Å². The number of carboxylic acid groups (broad SMARTS) is 1. The summed E-state index contributed by atoms with van der Waals surface area (Å²) in [4.78, 5) is 13.7. The van der Waals surface area contributed by atoms with E-state index in [2.05, 4.69) is 24.1 Å². The molecule has 2 N–H and O–H groups in total. The average Bonchev–Trinajstić information content (AvgIpc) is 2.73. The van der Waals surface area contributed by atoms with Crippen molar-refractivity contribution < 1.29 is 9.90 Å². The smallest absolute Gasteiger partial charge is 0.324 e. The lowest BCUT2D eigenvalue weighted by molar-refractivity contribution is -0.144. The summed E-state index contributed by atoms with van der Waals surface area (Å²) >= 11 is 0. The minimum absolute atomic E-state index is 0.610. The average molecular weight is 242 g/mol. The van der Waals surface area contributed by atoms with E-state index in [0.29, 0.717) is 6.54 Å². The topological polar surface area (TPSA) is 52.6 Å². The number of aliphatic carboxylic acids is 1. The third-order valence-corrected chi connectivity index (χ3v) is 3.72. The van der Waals surface area contributed by atoms with Crippen molar-refractivity contribution in [2.75, 3.05) is 26.2 Å². The van der Waals surface area contributed by atoms with Crippen molar-refractivity contribution in [3.63, 3.8) is 0 Å². The van der Waals surface area contributed by atoms with Crippen LogP contribution in [0.3, 0.4) is 0 Å². The van der Waals surface area contributed by atoms with Crippen LogP contribution in [0.15, 0.2) is 0 Å². The van der Waals surface area contributed by atoms with Crippen LogP contribution >= 0.6 is 0 Å². The predicted molar refractivity (Wildman–Crippen MR) is 69.2 cm³/mol. The van der Waals surface area contributed by atoms with Gasteiger partial charge in [-0.3, -0.25) is 4.79 Å². The molecule has 4 nitrogen and oxygen atoms in total. The molecule has 1 saturated heterocycles. The number of carbonyl (C=O) groups is 1. The van der Waals surface area contributed by atoms with Crippen LogP contribution in [0, 0.1) is 5.92 Å². The summed E-state index contributed by atoms with van der Waals surface area (Å²) in [6, 6.07) is 0. The van der Waals surface area contributed by atoms with Crippen LogP contribution in [0.4, 0.5) is 0 Å². The van der Waals surface area contributed by atoms with Crippen LogP contribution < -0.4 is 5.32 Å². The lowest BCUT2D eigenvalue weighted by Crippen LogP contribution is -2.56. The highest BCUT2D eigenvalue weighted by molar-refractivity contribution is 5.78. The quantitative estimate of drug-likeness (QED) is 0.711. The molecule has 1 rings (SSSR count). The van der Waals surface area contributed by atoms with Gasteiger partial charge in [0, 0.05) is 13.1 Å². The van der Waals surface area contributed by atoms with E-state index in [0.717, 1.165) is 32.0 Å². The maximum absolute atomic E-state index is 11.4. The zero-order valence-electron chi connectivity index (χ0n) is 11.3. The van der Waals surface area contributed by atoms with Crippen molar-refractivity contribution in [1.29, 1.82) is 0 Å². The maximum Gasteiger partial charge on any atom is 0.324 e. The van der Waals surface area contributed by atoms with E-state index in [9.17, 15) is 9.90 Å². The summed E-state index contributed by atoms with van der Waals surface area (Å²) in [5, 5.41) is 12.5. The summed E-state index contributed by atoms with van der Waals surface area (Å²) in [7, 11) is 0. The van der Waals surface area contributed by atoms with Crippen molar-refractivity contribution in [3.8, 4) is 0 Å². The Morgan fingerprint density at radius 2 is 2.24 bits per heavy atom. The van der Waals surface area contributed by atoms with E-state index < -0.39 is 11.5 Å². The van der Waals surface area contributed by atoms with Crippen molar-refractivity contribution >= 4 is 5.97 Å². The van der Waals surface area contributed by atoms with E-state index in [4.69, 9.17) is 0 Å². The van der Waals surface area contributed by atoms with E-state index in [1.807, 2.05) is 0 Å². The van der Waals surface area contributed by atoms with Crippen LogP contribution in [0.5, 0.6) is 0 Å². The summed E-state index contributed by atoms with van der Waals surface area (Å²) in [5.74, 6) is 0.00474. The molecular formula is C13H26N2O2. The van der Waals surface area contributed by atoms with E-state index in [1.165, 1.54) is 12.8 Å². The molecule has 0 amide bonds. The highest BCUT2D eigenvalue weighted by atomic mass is 16.4. The first-order valence-corrected chi connectivity index (χ1v) is 6.72.